The summed E-state index contributed by atoms with van der Waals surface area (Å²) in [4.78, 5) is 4.31. The molecule has 1 heterocycles. The molecule has 114 valence electrons. The van der Waals surface area contributed by atoms with Crippen molar-refractivity contribution in [2.75, 3.05) is 5.32 Å². The molecular formula is C15H17F3N2S. The molecule has 1 aliphatic carbocycles. The molecule has 21 heavy (non-hydrogen) atoms. The molecule has 1 N–H and O–H groups in total. The third-order valence-electron chi connectivity index (χ3n) is 3.85. The highest BCUT2D eigenvalue weighted by Gasteiger charge is 2.31. The van der Waals surface area contributed by atoms with Gasteiger partial charge in [0.1, 0.15) is 0 Å². The van der Waals surface area contributed by atoms with Crippen LogP contribution in [0.4, 0.5) is 18.3 Å². The molecule has 1 atom stereocenters. The van der Waals surface area contributed by atoms with Crippen LogP contribution in [0, 0.1) is 5.92 Å². The predicted molar refractivity (Wildman–Crippen MR) is 79.7 cm³/mol. The van der Waals surface area contributed by atoms with Gasteiger partial charge in [0, 0.05) is 6.04 Å². The number of halogens is 3. The van der Waals surface area contributed by atoms with Gasteiger partial charge in [-0.25, -0.2) is 4.98 Å². The van der Waals surface area contributed by atoms with Crippen LogP contribution in [0.25, 0.3) is 10.2 Å². The van der Waals surface area contributed by atoms with Crippen molar-refractivity contribution >= 4 is 26.7 Å². The van der Waals surface area contributed by atoms with Crippen LogP contribution in [0.3, 0.4) is 0 Å². The van der Waals surface area contributed by atoms with Crippen molar-refractivity contribution in [2.24, 2.45) is 5.92 Å². The lowest BCUT2D eigenvalue weighted by Crippen LogP contribution is -2.18. The van der Waals surface area contributed by atoms with Crippen molar-refractivity contribution in [1.82, 2.24) is 4.98 Å². The lowest BCUT2D eigenvalue weighted by molar-refractivity contribution is -0.137. The van der Waals surface area contributed by atoms with E-state index in [1.54, 1.807) is 0 Å². The largest absolute Gasteiger partial charge is 0.416 e. The van der Waals surface area contributed by atoms with Crippen molar-refractivity contribution in [2.45, 2.75) is 44.8 Å². The minimum absolute atomic E-state index is 0.361. The van der Waals surface area contributed by atoms with Gasteiger partial charge in [0.25, 0.3) is 0 Å². The number of benzene rings is 1. The maximum atomic E-state index is 12.7. The number of hydrogen-bond acceptors (Lipinski definition) is 3. The molecule has 6 heteroatoms. The summed E-state index contributed by atoms with van der Waals surface area (Å²) >= 11 is 1.42. The summed E-state index contributed by atoms with van der Waals surface area (Å²) in [6.07, 6.45) is 0.406. The summed E-state index contributed by atoms with van der Waals surface area (Å²) in [5.74, 6) is 0.814. The van der Waals surface area contributed by atoms with Gasteiger partial charge in [0.15, 0.2) is 5.13 Å². The number of hydrogen-bond donors (Lipinski definition) is 1. The summed E-state index contributed by atoms with van der Waals surface area (Å²) in [6.45, 7) is 2.12. The summed E-state index contributed by atoms with van der Waals surface area (Å²) in [5, 5.41) is 4.09. The molecular weight excluding hydrogens is 297 g/mol. The van der Waals surface area contributed by atoms with E-state index in [1.165, 1.54) is 30.2 Å². The minimum Gasteiger partial charge on any atom is -0.359 e. The molecule has 1 aromatic carbocycles. The fraction of sp³-hybridized carbons (Fsp3) is 0.533. The highest BCUT2D eigenvalue weighted by molar-refractivity contribution is 7.22. The first-order valence-corrected chi connectivity index (χ1v) is 8.01. The molecule has 3 rings (SSSR count). The molecule has 1 unspecified atom stereocenters. The Morgan fingerprint density at radius 2 is 2.14 bits per heavy atom. The zero-order valence-electron chi connectivity index (χ0n) is 11.7. The molecule has 0 spiro atoms. The van der Waals surface area contributed by atoms with Crippen LogP contribution in [-0.4, -0.2) is 11.0 Å². The van der Waals surface area contributed by atoms with Crippen LogP contribution >= 0.6 is 11.3 Å². The Bertz CT molecular complexity index is 631. The molecule has 1 saturated carbocycles. The topological polar surface area (TPSA) is 24.9 Å². The summed E-state index contributed by atoms with van der Waals surface area (Å²) < 4.78 is 38.9. The second-order valence-electron chi connectivity index (χ2n) is 5.63. The Labute approximate surface area is 125 Å². The summed E-state index contributed by atoms with van der Waals surface area (Å²) in [5.41, 5.74) is -0.226. The van der Waals surface area contributed by atoms with Crippen LogP contribution in [0.5, 0.6) is 0 Å². The Morgan fingerprint density at radius 1 is 1.38 bits per heavy atom. The molecule has 0 saturated heterocycles. The zero-order valence-corrected chi connectivity index (χ0v) is 12.5. The zero-order chi connectivity index (χ0) is 15.0. The lowest BCUT2D eigenvalue weighted by atomic mass is 10.1. The second-order valence-corrected chi connectivity index (χ2v) is 6.66. The van der Waals surface area contributed by atoms with E-state index in [9.17, 15) is 13.2 Å². The van der Waals surface area contributed by atoms with Gasteiger partial charge in [-0.1, -0.05) is 31.1 Å². The first-order valence-electron chi connectivity index (χ1n) is 7.20. The molecule has 2 aromatic rings. The first-order chi connectivity index (χ1) is 9.95. The average Bonchev–Trinajstić information content (AvgIpc) is 3.14. The maximum Gasteiger partial charge on any atom is 0.416 e. The van der Waals surface area contributed by atoms with Gasteiger partial charge in [-0.15, -0.1) is 0 Å². The smallest absolute Gasteiger partial charge is 0.359 e. The molecule has 0 radical (unpaired) electrons. The molecule has 2 nitrogen and oxygen atoms in total. The second kappa shape index (κ2) is 5.48. The number of nitrogens with one attached hydrogen (secondary N) is 1. The van der Waals surface area contributed by atoms with Gasteiger partial charge >= 0.3 is 6.18 Å². The SMILES string of the molecule is CCC(CC1CC1)Nc1nc2cc(C(F)(F)F)ccc2s1. The highest BCUT2D eigenvalue weighted by atomic mass is 32.1. The third kappa shape index (κ3) is 3.48. The van der Waals surface area contributed by atoms with Gasteiger partial charge < -0.3 is 5.32 Å². The normalized spacial score (nSPS) is 17.1. The fourth-order valence-corrected chi connectivity index (χ4v) is 3.35. The Balaban J connectivity index is 1.79. The molecule has 1 aromatic heterocycles. The Kier molecular flexibility index (Phi) is 3.82. The van der Waals surface area contributed by atoms with Crippen LogP contribution < -0.4 is 5.32 Å². The van der Waals surface area contributed by atoms with E-state index in [0.717, 1.165) is 40.7 Å². The first kappa shape index (κ1) is 14.6. The van der Waals surface area contributed by atoms with Crippen molar-refractivity contribution < 1.29 is 13.2 Å². The van der Waals surface area contributed by atoms with Gasteiger partial charge in [0.05, 0.1) is 15.8 Å². The van der Waals surface area contributed by atoms with E-state index in [-0.39, 0.29) is 0 Å². The predicted octanol–water partition coefficient (Wildman–Crippen LogP) is 5.31. The van der Waals surface area contributed by atoms with Crippen LogP contribution in [-0.2, 0) is 6.18 Å². The van der Waals surface area contributed by atoms with E-state index < -0.39 is 11.7 Å². The maximum absolute atomic E-state index is 12.7. The van der Waals surface area contributed by atoms with E-state index in [0.29, 0.717) is 11.6 Å². The van der Waals surface area contributed by atoms with E-state index in [1.807, 2.05) is 0 Å². The van der Waals surface area contributed by atoms with Crippen LogP contribution in [0.2, 0.25) is 0 Å². The standard InChI is InChI=1S/C15H17F3N2S/c1-2-11(7-9-3-4-9)19-14-20-12-8-10(15(16,17)18)5-6-13(12)21-14/h5-6,8-9,11H,2-4,7H2,1H3,(H,19,20). The molecule has 1 aliphatic rings. The van der Waals surface area contributed by atoms with Gasteiger partial charge in [-0.3, -0.25) is 0 Å². The summed E-state index contributed by atoms with van der Waals surface area (Å²) in [6, 6.07) is 4.10. The number of aromatic nitrogens is 1. The number of rotatable bonds is 5. The highest BCUT2D eigenvalue weighted by Crippen LogP contribution is 2.37. The van der Waals surface area contributed by atoms with Gasteiger partial charge in [-0.05, 0) is 37.0 Å². The van der Waals surface area contributed by atoms with E-state index in [2.05, 4.69) is 17.2 Å². The lowest BCUT2D eigenvalue weighted by Gasteiger charge is -2.15. The molecule has 1 fully saturated rings. The molecule has 0 amide bonds. The van der Waals surface area contributed by atoms with E-state index >= 15 is 0 Å². The van der Waals surface area contributed by atoms with Gasteiger partial charge in [0.2, 0.25) is 0 Å². The van der Waals surface area contributed by atoms with E-state index in [4.69, 9.17) is 0 Å². The van der Waals surface area contributed by atoms with Gasteiger partial charge in [-0.2, -0.15) is 13.2 Å². The monoisotopic (exact) mass is 314 g/mol. The molecule has 0 aliphatic heterocycles. The number of nitrogens with zero attached hydrogens (tertiary/aromatic N) is 1. The summed E-state index contributed by atoms with van der Waals surface area (Å²) in [7, 11) is 0. The fourth-order valence-electron chi connectivity index (χ4n) is 2.42. The number of thiazole rings is 1. The van der Waals surface area contributed by atoms with Crippen molar-refractivity contribution in [3.8, 4) is 0 Å². The minimum atomic E-state index is -4.32. The van der Waals surface area contributed by atoms with Crippen LogP contribution in [0.1, 0.15) is 38.2 Å². The van der Waals surface area contributed by atoms with Crippen molar-refractivity contribution in [3.63, 3.8) is 0 Å². The van der Waals surface area contributed by atoms with Crippen molar-refractivity contribution in [1.29, 1.82) is 0 Å². The van der Waals surface area contributed by atoms with Crippen LogP contribution in [0.15, 0.2) is 18.2 Å². The third-order valence-corrected chi connectivity index (χ3v) is 4.82. The average molecular weight is 314 g/mol. The number of anilines is 1. The quantitative estimate of drug-likeness (QED) is 0.809. The number of alkyl halides is 3. The molecule has 0 bridgehead atoms. The Morgan fingerprint density at radius 3 is 2.76 bits per heavy atom. The number of fused-ring (bicyclic) bond motifs is 1. The Hall–Kier alpha value is -1.30. The van der Waals surface area contributed by atoms with Crippen molar-refractivity contribution in [3.05, 3.63) is 23.8 Å².